The van der Waals surface area contributed by atoms with E-state index in [0.717, 1.165) is 0 Å². The van der Waals surface area contributed by atoms with Crippen molar-refractivity contribution in [2.75, 3.05) is 0 Å². The summed E-state index contributed by atoms with van der Waals surface area (Å²) >= 11 is 3.15. The summed E-state index contributed by atoms with van der Waals surface area (Å²) in [5, 5.41) is 2.69. The molecule has 0 spiro atoms. The smallest absolute Gasteiger partial charge is 0.250 e. The van der Waals surface area contributed by atoms with E-state index in [-0.39, 0.29) is 5.08 Å². The lowest BCUT2D eigenvalue weighted by Gasteiger charge is -2.02. The van der Waals surface area contributed by atoms with E-state index in [1.165, 1.54) is 0 Å². The molecular weight excluding hydrogens is 188 g/mol. The predicted molar refractivity (Wildman–Crippen MR) is 35.1 cm³/mol. The molecule has 0 saturated carbocycles. The first kappa shape index (κ1) is 6.94. The summed E-state index contributed by atoms with van der Waals surface area (Å²) < 4.78 is 0. The highest BCUT2D eigenvalue weighted by atomic mass is 79.9. The summed E-state index contributed by atoms with van der Waals surface area (Å²) in [5.41, 5.74) is 10.3. The van der Waals surface area contributed by atoms with Gasteiger partial charge in [-0.1, -0.05) is 15.9 Å². The van der Waals surface area contributed by atoms with E-state index in [2.05, 4.69) is 32.1 Å². The van der Waals surface area contributed by atoms with Crippen LogP contribution in [0, 0.1) is 0 Å². The van der Waals surface area contributed by atoms with Gasteiger partial charge in [-0.3, -0.25) is 10.1 Å². The van der Waals surface area contributed by atoms with Crippen LogP contribution in [0.3, 0.4) is 0 Å². The van der Waals surface area contributed by atoms with Crippen molar-refractivity contribution in [1.82, 2.24) is 16.2 Å². The SMILES string of the molecule is NC(=O)C1NNC(Br)N1. The molecule has 6 heteroatoms. The highest BCUT2D eigenvalue weighted by Gasteiger charge is 2.23. The molecule has 1 aliphatic heterocycles. The number of hydrogen-bond acceptors (Lipinski definition) is 4. The van der Waals surface area contributed by atoms with E-state index in [4.69, 9.17) is 5.73 Å². The van der Waals surface area contributed by atoms with E-state index >= 15 is 0 Å². The van der Waals surface area contributed by atoms with E-state index in [1.54, 1.807) is 0 Å². The summed E-state index contributed by atoms with van der Waals surface area (Å²) in [6.45, 7) is 0. The monoisotopic (exact) mass is 194 g/mol. The molecule has 5 nitrogen and oxygen atoms in total. The van der Waals surface area contributed by atoms with Crippen LogP contribution in [0.25, 0.3) is 0 Å². The fourth-order valence-corrected chi connectivity index (χ4v) is 0.936. The van der Waals surface area contributed by atoms with Crippen molar-refractivity contribution in [2.45, 2.75) is 11.2 Å². The molecule has 0 radical (unpaired) electrons. The maximum Gasteiger partial charge on any atom is 0.250 e. The Balaban J connectivity index is 2.39. The molecule has 1 heterocycles. The van der Waals surface area contributed by atoms with Gasteiger partial charge in [0.25, 0.3) is 5.91 Å². The number of carbonyl (C=O) groups excluding carboxylic acids is 1. The van der Waals surface area contributed by atoms with Gasteiger partial charge in [-0.15, -0.1) is 0 Å². The number of amides is 1. The molecule has 0 aliphatic carbocycles. The molecule has 0 aromatic carbocycles. The molecule has 0 aromatic rings. The van der Waals surface area contributed by atoms with Crippen LogP contribution < -0.4 is 21.9 Å². The average molecular weight is 195 g/mol. The van der Waals surface area contributed by atoms with Gasteiger partial charge in [-0.05, 0) is 0 Å². The molecule has 9 heavy (non-hydrogen) atoms. The third kappa shape index (κ3) is 1.62. The van der Waals surface area contributed by atoms with Crippen LogP contribution >= 0.6 is 15.9 Å². The molecule has 1 amide bonds. The Morgan fingerprint density at radius 2 is 2.22 bits per heavy atom. The van der Waals surface area contributed by atoms with E-state index in [1.807, 2.05) is 0 Å². The molecule has 2 atom stereocenters. The number of alkyl halides is 1. The van der Waals surface area contributed by atoms with Crippen LogP contribution in [0.1, 0.15) is 0 Å². The highest BCUT2D eigenvalue weighted by Crippen LogP contribution is 1.94. The standard InChI is InChI=1S/C3H7BrN4O/c4-3-6-2(1(5)9)7-8-3/h2-3,6-8H,(H2,5,9). The molecule has 2 unspecified atom stereocenters. The van der Waals surface area contributed by atoms with Crippen LogP contribution in [0.15, 0.2) is 0 Å². The fourth-order valence-electron chi connectivity index (χ4n) is 0.539. The second-order valence-electron chi connectivity index (χ2n) is 1.65. The lowest BCUT2D eigenvalue weighted by Crippen LogP contribution is -2.45. The highest BCUT2D eigenvalue weighted by molar-refractivity contribution is 9.09. The zero-order chi connectivity index (χ0) is 6.85. The Morgan fingerprint density at radius 3 is 2.44 bits per heavy atom. The summed E-state index contributed by atoms with van der Waals surface area (Å²) in [4.78, 5) is 10.4. The van der Waals surface area contributed by atoms with E-state index in [0.29, 0.717) is 0 Å². The quantitative estimate of drug-likeness (QED) is 0.293. The van der Waals surface area contributed by atoms with Crippen LogP contribution in [0.5, 0.6) is 0 Å². The number of halogens is 1. The van der Waals surface area contributed by atoms with Gasteiger partial charge in [0.15, 0.2) is 6.17 Å². The largest absolute Gasteiger partial charge is 0.367 e. The van der Waals surface area contributed by atoms with Gasteiger partial charge < -0.3 is 5.73 Å². The van der Waals surface area contributed by atoms with Gasteiger partial charge in [0.2, 0.25) is 0 Å². The van der Waals surface area contributed by atoms with E-state index in [9.17, 15) is 4.79 Å². The Labute approximate surface area is 60.5 Å². The third-order valence-corrected chi connectivity index (χ3v) is 1.45. The Morgan fingerprint density at radius 1 is 1.56 bits per heavy atom. The lowest BCUT2D eigenvalue weighted by atomic mass is 10.5. The maximum atomic E-state index is 10.4. The normalized spacial score (nSPS) is 34.8. The van der Waals surface area contributed by atoms with Gasteiger partial charge in [0.05, 0.1) is 0 Å². The second kappa shape index (κ2) is 2.61. The molecular formula is C3H7BrN4O. The molecule has 1 saturated heterocycles. The first-order valence-electron chi connectivity index (χ1n) is 2.40. The van der Waals surface area contributed by atoms with E-state index < -0.39 is 12.1 Å². The summed E-state index contributed by atoms with van der Waals surface area (Å²) in [6.07, 6.45) is -0.477. The third-order valence-electron chi connectivity index (χ3n) is 0.952. The first-order chi connectivity index (χ1) is 4.20. The first-order valence-corrected chi connectivity index (χ1v) is 3.32. The molecule has 1 aliphatic rings. The molecule has 1 fully saturated rings. The molecule has 0 aromatic heterocycles. The van der Waals surface area contributed by atoms with Crippen LogP contribution in [0.2, 0.25) is 0 Å². The summed E-state index contributed by atoms with van der Waals surface area (Å²) in [7, 11) is 0. The number of hydrogen-bond donors (Lipinski definition) is 4. The zero-order valence-electron chi connectivity index (χ0n) is 4.52. The fraction of sp³-hybridized carbons (Fsp3) is 0.667. The zero-order valence-corrected chi connectivity index (χ0v) is 6.10. The number of hydrazine groups is 1. The van der Waals surface area contributed by atoms with Gasteiger partial charge in [0, 0.05) is 0 Å². The van der Waals surface area contributed by atoms with Gasteiger partial charge in [-0.2, -0.15) is 0 Å². The molecule has 5 N–H and O–H groups in total. The van der Waals surface area contributed by atoms with Crippen molar-refractivity contribution in [2.24, 2.45) is 5.73 Å². The minimum absolute atomic E-state index is 0.0880. The van der Waals surface area contributed by atoms with Crippen molar-refractivity contribution < 1.29 is 4.79 Å². The second-order valence-corrected chi connectivity index (χ2v) is 2.57. The number of nitrogens with two attached hydrogens (primary N) is 1. The van der Waals surface area contributed by atoms with Crippen molar-refractivity contribution in [3.05, 3.63) is 0 Å². The van der Waals surface area contributed by atoms with Crippen LogP contribution in [-0.2, 0) is 4.79 Å². The lowest BCUT2D eigenvalue weighted by molar-refractivity contribution is -0.120. The Bertz CT molecular complexity index is 129. The number of rotatable bonds is 1. The Hall–Kier alpha value is -0.170. The predicted octanol–water partition coefficient (Wildman–Crippen LogP) is -1.83. The Kier molecular flexibility index (Phi) is 2.01. The average Bonchev–Trinajstić information content (AvgIpc) is 2.14. The maximum absolute atomic E-state index is 10.4. The van der Waals surface area contributed by atoms with Gasteiger partial charge in [-0.25, -0.2) is 10.9 Å². The van der Waals surface area contributed by atoms with Crippen LogP contribution in [0.4, 0.5) is 0 Å². The minimum atomic E-state index is -0.477. The molecule has 0 bridgehead atoms. The van der Waals surface area contributed by atoms with Crippen LogP contribution in [-0.4, -0.2) is 17.1 Å². The van der Waals surface area contributed by atoms with Crippen molar-refractivity contribution in [1.29, 1.82) is 0 Å². The number of carbonyl (C=O) groups is 1. The molecule has 1 rings (SSSR count). The molecule has 52 valence electrons. The summed E-state index contributed by atoms with van der Waals surface area (Å²) in [5.74, 6) is -0.426. The topological polar surface area (TPSA) is 79.2 Å². The number of primary amides is 1. The summed E-state index contributed by atoms with van der Waals surface area (Å²) in [6, 6.07) is 0. The van der Waals surface area contributed by atoms with Crippen molar-refractivity contribution >= 4 is 21.8 Å². The van der Waals surface area contributed by atoms with Gasteiger partial charge in [0.1, 0.15) is 5.08 Å². The van der Waals surface area contributed by atoms with Crippen molar-refractivity contribution in [3.8, 4) is 0 Å². The van der Waals surface area contributed by atoms with Crippen molar-refractivity contribution in [3.63, 3.8) is 0 Å². The minimum Gasteiger partial charge on any atom is -0.367 e. The number of nitrogens with one attached hydrogen (secondary N) is 3. The van der Waals surface area contributed by atoms with Gasteiger partial charge >= 0.3 is 0 Å².